The molecule has 82 valence electrons. The summed E-state index contributed by atoms with van der Waals surface area (Å²) < 4.78 is 14.4. The molecule has 0 radical (unpaired) electrons. The van der Waals surface area contributed by atoms with Crippen LogP contribution in [0.3, 0.4) is 0 Å². The monoisotopic (exact) mass is 323 g/mol. The second-order valence-corrected chi connectivity index (χ2v) is 4.46. The zero-order chi connectivity index (χ0) is 11.3. The predicted octanol–water partition coefficient (Wildman–Crippen LogP) is 2.26. The number of carboxylic acid groups (broad SMARTS) is 1. The summed E-state index contributed by atoms with van der Waals surface area (Å²) in [6.45, 7) is 0.430. The van der Waals surface area contributed by atoms with Gasteiger partial charge in [0.05, 0.1) is 6.54 Å². The Kier molecular flexibility index (Phi) is 4.97. The SMILES string of the molecule is O=C(O)[C@H](F)CN(I)Cc1ccccc1. The van der Waals surface area contributed by atoms with Crippen LogP contribution in [0.1, 0.15) is 5.56 Å². The second-order valence-electron chi connectivity index (χ2n) is 3.09. The Morgan fingerprint density at radius 3 is 2.60 bits per heavy atom. The molecule has 1 aromatic carbocycles. The van der Waals surface area contributed by atoms with Gasteiger partial charge in [-0.15, -0.1) is 0 Å². The fraction of sp³-hybridized carbons (Fsp3) is 0.300. The highest BCUT2D eigenvalue weighted by atomic mass is 127. The Hall–Kier alpha value is -0.690. The molecule has 0 heterocycles. The van der Waals surface area contributed by atoms with Crippen molar-refractivity contribution < 1.29 is 14.3 Å². The van der Waals surface area contributed by atoms with Crippen molar-refractivity contribution in [2.75, 3.05) is 6.54 Å². The van der Waals surface area contributed by atoms with E-state index in [0.717, 1.165) is 5.56 Å². The van der Waals surface area contributed by atoms with Crippen LogP contribution in [-0.4, -0.2) is 26.9 Å². The molecule has 0 spiro atoms. The van der Waals surface area contributed by atoms with Crippen LogP contribution in [0.25, 0.3) is 0 Å². The summed E-state index contributed by atoms with van der Waals surface area (Å²) in [5.74, 6) is -1.41. The lowest BCUT2D eigenvalue weighted by Crippen LogP contribution is -2.27. The van der Waals surface area contributed by atoms with Gasteiger partial charge in [-0.25, -0.2) is 12.3 Å². The number of aliphatic carboxylic acids is 1. The van der Waals surface area contributed by atoms with E-state index in [2.05, 4.69) is 0 Å². The largest absolute Gasteiger partial charge is 0.479 e. The molecular weight excluding hydrogens is 312 g/mol. The van der Waals surface area contributed by atoms with Crippen LogP contribution in [0.4, 0.5) is 4.39 Å². The van der Waals surface area contributed by atoms with Gasteiger partial charge in [0.2, 0.25) is 6.17 Å². The number of carboxylic acids is 1. The lowest BCUT2D eigenvalue weighted by molar-refractivity contribution is -0.142. The van der Waals surface area contributed by atoms with E-state index >= 15 is 0 Å². The first-order valence-electron chi connectivity index (χ1n) is 4.41. The summed E-state index contributed by atoms with van der Waals surface area (Å²) in [6.07, 6.45) is -1.83. The molecule has 0 aliphatic rings. The number of nitrogens with zero attached hydrogens (tertiary/aromatic N) is 1. The highest BCUT2D eigenvalue weighted by molar-refractivity contribution is 14.1. The van der Waals surface area contributed by atoms with Crippen molar-refractivity contribution in [3.8, 4) is 0 Å². The maximum Gasteiger partial charge on any atom is 0.339 e. The zero-order valence-corrected chi connectivity index (χ0v) is 10.1. The molecule has 0 aliphatic carbocycles. The molecule has 1 atom stereocenters. The maximum atomic E-state index is 12.8. The van der Waals surface area contributed by atoms with Gasteiger partial charge in [-0.3, -0.25) is 0 Å². The number of hydrogen-bond acceptors (Lipinski definition) is 2. The number of hydrogen-bond donors (Lipinski definition) is 1. The minimum atomic E-state index is -1.83. The van der Waals surface area contributed by atoms with Crippen molar-refractivity contribution >= 4 is 28.8 Å². The van der Waals surface area contributed by atoms with Crippen molar-refractivity contribution in [3.05, 3.63) is 35.9 Å². The predicted molar refractivity (Wildman–Crippen MR) is 63.4 cm³/mol. The highest BCUT2D eigenvalue weighted by Gasteiger charge is 2.18. The molecule has 0 saturated carbocycles. The lowest BCUT2D eigenvalue weighted by Gasteiger charge is -2.14. The van der Waals surface area contributed by atoms with Gasteiger partial charge in [0.1, 0.15) is 0 Å². The lowest BCUT2D eigenvalue weighted by atomic mass is 10.2. The van der Waals surface area contributed by atoms with Crippen LogP contribution < -0.4 is 0 Å². The average molecular weight is 323 g/mol. The van der Waals surface area contributed by atoms with Crippen molar-refractivity contribution in [1.29, 1.82) is 0 Å². The van der Waals surface area contributed by atoms with Crippen LogP contribution in [0.2, 0.25) is 0 Å². The molecule has 0 unspecified atom stereocenters. The van der Waals surface area contributed by atoms with Gasteiger partial charge in [-0.1, -0.05) is 30.3 Å². The number of carbonyl (C=O) groups is 1. The summed E-state index contributed by atoms with van der Waals surface area (Å²) in [4.78, 5) is 10.3. The molecule has 1 N–H and O–H groups in total. The normalized spacial score (nSPS) is 12.7. The standard InChI is InChI=1S/C10H11FINO2/c11-9(10(14)15)7-13(12)6-8-4-2-1-3-5-8/h1-5,9H,6-7H2,(H,14,15)/t9-/m1/s1. The summed E-state index contributed by atoms with van der Waals surface area (Å²) in [7, 11) is 0. The van der Waals surface area contributed by atoms with Gasteiger partial charge in [0, 0.05) is 29.4 Å². The fourth-order valence-electron chi connectivity index (χ4n) is 1.10. The van der Waals surface area contributed by atoms with Gasteiger partial charge >= 0.3 is 5.97 Å². The average Bonchev–Trinajstić information content (AvgIpc) is 2.18. The zero-order valence-electron chi connectivity index (χ0n) is 7.94. The van der Waals surface area contributed by atoms with E-state index in [9.17, 15) is 9.18 Å². The van der Waals surface area contributed by atoms with Crippen LogP contribution in [0.5, 0.6) is 0 Å². The van der Waals surface area contributed by atoms with E-state index in [4.69, 9.17) is 5.11 Å². The third-order valence-electron chi connectivity index (χ3n) is 1.82. The van der Waals surface area contributed by atoms with E-state index in [-0.39, 0.29) is 6.54 Å². The first-order chi connectivity index (χ1) is 7.09. The molecule has 0 saturated heterocycles. The van der Waals surface area contributed by atoms with E-state index in [0.29, 0.717) is 6.54 Å². The number of alkyl halides is 1. The Morgan fingerprint density at radius 2 is 2.07 bits per heavy atom. The third-order valence-corrected chi connectivity index (χ3v) is 2.56. The molecule has 3 nitrogen and oxygen atoms in total. The van der Waals surface area contributed by atoms with Gasteiger partial charge in [0.15, 0.2) is 0 Å². The number of rotatable bonds is 5. The number of halogens is 2. The molecular formula is C10H11FINO2. The van der Waals surface area contributed by atoms with Crippen LogP contribution in [-0.2, 0) is 11.3 Å². The summed E-state index contributed by atoms with van der Waals surface area (Å²) in [5.41, 5.74) is 1.03. The quantitative estimate of drug-likeness (QED) is 0.667. The van der Waals surface area contributed by atoms with E-state index in [1.165, 1.54) is 0 Å². The molecule has 0 bridgehead atoms. The number of benzene rings is 1. The van der Waals surface area contributed by atoms with E-state index < -0.39 is 12.1 Å². The Balaban J connectivity index is 2.43. The van der Waals surface area contributed by atoms with Crippen LogP contribution >= 0.6 is 22.9 Å². The topological polar surface area (TPSA) is 40.5 Å². The molecule has 1 rings (SSSR count). The van der Waals surface area contributed by atoms with Crippen molar-refractivity contribution in [2.45, 2.75) is 12.7 Å². The van der Waals surface area contributed by atoms with Crippen molar-refractivity contribution in [2.24, 2.45) is 0 Å². The molecule has 0 fully saturated rings. The minimum Gasteiger partial charge on any atom is -0.479 e. The first-order valence-corrected chi connectivity index (χ1v) is 5.37. The maximum absolute atomic E-state index is 12.8. The minimum absolute atomic E-state index is 0.106. The van der Waals surface area contributed by atoms with Crippen LogP contribution in [0.15, 0.2) is 30.3 Å². The Labute approximate surface area is 101 Å². The fourth-order valence-corrected chi connectivity index (χ4v) is 1.84. The van der Waals surface area contributed by atoms with Gasteiger partial charge < -0.3 is 5.11 Å². The van der Waals surface area contributed by atoms with Crippen molar-refractivity contribution in [1.82, 2.24) is 3.11 Å². The van der Waals surface area contributed by atoms with Gasteiger partial charge in [-0.2, -0.15) is 0 Å². The third kappa shape index (κ3) is 4.57. The van der Waals surface area contributed by atoms with Gasteiger partial charge in [-0.05, 0) is 5.56 Å². The van der Waals surface area contributed by atoms with Crippen LogP contribution in [0, 0.1) is 0 Å². The second kappa shape index (κ2) is 6.02. The molecule has 0 aliphatic heterocycles. The van der Waals surface area contributed by atoms with Gasteiger partial charge in [0.25, 0.3) is 0 Å². The molecule has 1 aromatic rings. The Morgan fingerprint density at radius 1 is 1.47 bits per heavy atom. The summed E-state index contributed by atoms with van der Waals surface area (Å²) in [6, 6.07) is 9.52. The van der Waals surface area contributed by atoms with E-state index in [1.807, 2.05) is 53.2 Å². The molecule has 0 aromatic heterocycles. The smallest absolute Gasteiger partial charge is 0.339 e. The molecule has 15 heavy (non-hydrogen) atoms. The molecule has 5 heteroatoms. The Bertz CT molecular complexity index is 320. The van der Waals surface area contributed by atoms with Crippen molar-refractivity contribution in [3.63, 3.8) is 0 Å². The summed E-state index contributed by atoms with van der Waals surface area (Å²) in [5, 5.41) is 8.39. The first kappa shape index (κ1) is 12.4. The summed E-state index contributed by atoms with van der Waals surface area (Å²) >= 11 is 1.92. The molecule has 0 amide bonds. The highest BCUT2D eigenvalue weighted by Crippen LogP contribution is 2.10. The van der Waals surface area contributed by atoms with E-state index in [1.54, 1.807) is 3.11 Å².